The first-order valence-electron chi connectivity index (χ1n) is 14.2. The number of likely N-dealkylation sites (N-methyl/N-ethyl adjacent to an activating group) is 1. The Morgan fingerprint density at radius 1 is 0.810 bits per heavy atom. The number of fused-ring (bicyclic) bond motifs is 2. The summed E-state index contributed by atoms with van der Waals surface area (Å²) in [6.45, 7) is 6.03. The Morgan fingerprint density at radius 2 is 1.50 bits per heavy atom. The highest BCUT2D eigenvalue weighted by molar-refractivity contribution is 6.19. The molecule has 4 aromatic carbocycles. The van der Waals surface area contributed by atoms with E-state index in [1.54, 1.807) is 24.3 Å². The zero-order chi connectivity index (χ0) is 29.1. The third kappa shape index (κ3) is 6.10. The van der Waals surface area contributed by atoms with Gasteiger partial charge in [0.15, 0.2) is 0 Å². The van der Waals surface area contributed by atoms with Crippen molar-refractivity contribution in [1.82, 2.24) is 15.1 Å². The van der Waals surface area contributed by atoms with Crippen LogP contribution in [0.4, 0.5) is 25.8 Å². The first-order valence-corrected chi connectivity index (χ1v) is 14.2. The summed E-state index contributed by atoms with van der Waals surface area (Å²) in [5, 5.41) is 2.93. The fourth-order valence-electron chi connectivity index (χ4n) is 5.47. The summed E-state index contributed by atoms with van der Waals surface area (Å²) in [7, 11) is 2.15. The predicted molar refractivity (Wildman–Crippen MR) is 163 cm³/mol. The maximum absolute atomic E-state index is 13.9. The average Bonchev–Trinajstić information content (AvgIpc) is 3.15. The van der Waals surface area contributed by atoms with E-state index in [4.69, 9.17) is 4.99 Å². The Hall–Kier alpha value is -4.40. The number of hydrogen-bond acceptors (Lipinski definition) is 5. The quantitative estimate of drug-likeness (QED) is 0.310. The van der Waals surface area contributed by atoms with Crippen molar-refractivity contribution in [1.29, 1.82) is 0 Å². The van der Waals surface area contributed by atoms with Gasteiger partial charge in [-0.1, -0.05) is 30.3 Å². The van der Waals surface area contributed by atoms with Gasteiger partial charge in [0.1, 0.15) is 11.6 Å². The smallest absolute Gasteiger partial charge is 0.251 e. The molecule has 1 N–H and O–H groups in total. The second-order valence-corrected chi connectivity index (χ2v) is 10.8. The van der Waals surface area contributed by atoms with Crippen LogP contribution in [-0.2, 0) is 6.54 Å². The summed E-state index contributed by atoms with van der Waals surface area (Å²) in [6, 6.07) is 26.2. The van der Waals surface area contributed by atoms with Crippen LogP contribution in [0.25, 0.3) is 0 Å². The molecule has 0 unspecified atom stereocenters. The highest BCUT2D eigenvalue weighted by atomic mass is 19.1. The van der Waals surface area contributed by atoms with Gasteiger partial charge in [0, 0.05) is 62.5 Å². The zero-order valence-corrected chi connectivity index (χ0v) is 23.6. The number of hydrogen-bond donors (Lipinski definition) is 1. The molecule has 2 aliphatic rings. The topological polar surface area (TPSA) is 51.2 Å². The van der Waals surface area contributed by atoms with Gasteiger partial charge < -0.3 is 15.1 Å². The van der Waals surface area contributed by atoms with Crippen LogP contribution in [0.5, 0.6) is 0 Å². The molecule has 0 aliphatic carbocycles. The summed E-state index contributed by atoms with van der Waals surface area (Å²) in [6.07, 6.45) is 0. The molecule has 6 nitrogen and oxygen atoms in total. The van der Waals surface area contributed by atoms with E-state index in [1.165, 1.54) is 24.3 Å². The van der Waals surface area contributed by atoms with E-state index in [0.717, 1.165) is 73.0 Å². The first-order chi connectivity index (χ1) is 20.4. The molecule has 0 radical (unpaired) electrons. The van der Waals surface area contributed by atoms with Crippen LogP contribution < -0.4 is 10.2 Å². The van der Waals surface area contributed by atoms with Gasteiger partial charge in [0.05, 0.1) is 22.8 Å². The highest BCUT2D eigenvalue weighted by Gasteiger charge is 2.26. The number of nitrogens with zero attached hydrogens (tertiary/aromatic N) is 4. The van der Waals surface area contributed by atoms with E-state index >= 15 is 0 Å². The maximum Gasteiger partial charge on any atom is 0.251 e. The Balaban J connectivity index is 1.36. The summed E-state index contributed by atoms with van der Waals surface area (Å²) in [5.41, 5.74) is 6.33. The van der Waals surface area contributed by atoms with E-state index in [2.05, 4.69) is 33.1 Å². The standard InChI is InChI=1S/C34H33F2N5O/c1-39-16-18-40(19-17-39)20-21-41-31-5-3-2-4-29(31)33(25-8-13-28(36)14-9-25)38-30-22-26(10-15-32(30)41)34(42)37-23-24-6-11-27(35)12-7-24/h2-15,22H,16-21,23H2,1H3,(H,37,42). The minimum absolute atomic E-state index is 0.244. The molecule has 2 heterocycles. The van der Waals surface area contributed by atoms with Crippen molar-refractivity contribution >= 4 is 28.7 Å². The number of rotatable bonds is 7. The summed E-state index contributed by atoms with van der Waals surface area (Å²) < 4.78 is 27.2. The highest BCUT2D eigenvalue weighted by Crippen LogP contribution is 2.41. The van der Waals surface area contributed by atoms with Crippen LogP contribution in [-0.4, -0.2) is 67.7 Å². The molecule has 1 amide bonds. The molecule has 0 bridgehead atoms. The monoisotopic (exact) mass is 565 g/mol. The lowest BCUT2D eigenvalue weighted by molar-refractivity contribution is 0.0951. The van der Waals surface area contributed by atoms with E-state index in [9.17, 15) is 13.6 Å². The normalized spacial score (nSPS) is 15.4. The van der Waals surface area contributed by atoms with Crippen LogP contribution in [0, 0.1) is 11.6 Å². The number of halogens is 2. The van der Waals surface area contributed by atoms with E-state index in [0.29, 0.717) is 11.3 Å². The maximum atomic E-state index is 13.9. The number of nitrogens with one attached hydrogen (secondary N) is 1. The number of para-hydroxylation sites is 1. The molecule has 0 saturated carbocycles. The largest absolute Gasteiger partial charge is 0.348 e. The molecule has 1 saturated heterocycles. The number of carbonyl (C=O) groups is 1. The van der Waals surface area contributed by atoms with Gasteiger partial charge in [-0.05, 0) is 73.3 Å². The molecule has 42 heavy (non-hydrogen) atoms. The van der Waals surface area contributed by atoms with E-state index < -0.39 is 0 Å². The second-order valence-electron chi connectivity index (χ2n) is 10.8. The molecule has 0 spiro atoms. The van der Waals surface area contributed by atoms with Gasteiger partial charge in [-0.25, -0.2) is 13.8 Å². The van der Waals surface area contributed by atoms with Gasteiger partial charge in [-0.2, -0.15) is 0 Å². The molecule has 0 atom stereocenters. The van der Waals surface area contributed by atoms with Crippen molar-refractivity contribution in [3.8, 4) is 0 Å². The Bertz CT molecular complexity index is 1600. The minimum atomic E-state index is -0.316. The lowest BCUT2D eigenvalue weighted by Gasteiger charge is -2.35. The van der Waals surface area contributed by atoms with E-state index in [-0.39, 0.29) is 24.1 Å². The molecular formula is C34H33F2N5O. The molecule has 1 fully saturated rings. The lowest BCUT2D eigenvalue weighted by Crippen LogP contribution is -2.46. The number of carbonyl (C=O) groups excluding carboxylic acids is 1. The minimum Gasteiger partial charge on any atom is -0.348 e. The molecule has 0 aromatic heterocycles. The number of amides is 1. The first kappa shape index (κ1) is 27.8. The lowest BCUT2D eigenvalue weighted by atomic mass is 10.00. The van der Waals surface area contributed by atoms with Gasteiger partial charge in [-0.3, -0.25) is 9.69 Å². The number of anilines is 2. The van der Waals surface area contributed by atoms with Crippen LogP contribution in [0.3, 0.4) is 0 Å². The molecule has 4 aromatic rings. The SMILES string of the molecule is CN1CCN(CCN2c3ccc(C(=O)NCc4ccc(F)cc4)cc3N=C(c3ccc(F)cc3)c3ccccc32)CC1. The van der Waals surface area contributed by atoms with Crippen molar-refractivity contribution in [2.75, 3.05) is 51.2 Å². The molecule has 6 rings (SSSR count). The van der Waals surface area contributed by atoms with Crippen molar-refractivity contribution in [2.24, 2.45) is 4.99 Å². The molecule has 8 heteroatoms. The van der Waals surface area contributed by atoms with E-state index in [1.807, 2.05) is 36.4 Å². The van der Waals surface area contributed by atoms with Gasteiger partial charge in [-0.15, -0.1) is 0 Å². The third-order valence-corrected chi connectivity index (χ3v) is 7.93. The zero-order valence-electron chi connectivity index (χ0n) is 23.6. The fraction of sp³-hybridized carbons (Fsp3) is 0.235. The predicted octanol–water partition coefficient (Wildman–Crippen LogP) is 5.76. The number of benzene rings is 4. The second kappa shape index (κ2) is 12.2. The van der Waals surface area contributed by atoms with Crippen molar-refractivity contribution in [3.05, 3.63) is 125 Å². The number of piperazine rings is 1. The molecular weight excluding hydrogens is 532 g/mol. The van der Waals surface area contributed by atoms with Gasteiger partial charge in [0.2, 0.25) is 0 Å². The summed E-state index contributed by atoms with van der Waals surface area (Å²) in [4.78, 5) is 25.4. The van der Waals surface area contributed by atoms with Gasteiger partial charge in [0.25, 0.3) is 5.91 Å². The van der Waals surface area contributed by atoms with Crippen molar-refractivity contribution in [2.45, 2.75) is 6.54 Å². The number of aliphatic imine (C=N–C) groups is 1. The van der Waals surface area contributed by atoms with Crippen LogP contribution in [0.15, 0.2) is 96.0 Å². The van der Waals surface area contributed by atoms with Crippen LogP contribution in [0.1, 0.15) is 27.0 Å². The van der Waals surface area contributed by atoms with Gasteiger partial charge >= 0.3 is 0 Å². The van der Waals surface area contributed by atoms with Crippen LogP contribution >= 0.6 is 0 Å². The summed E-state index contributed by atoms with van der Waals surface area (Å²) >= 11 is 0. The third-order valence-electron chi connectivity index (χ3n) is 7.93. The fourth-order valence-corrected chi connectivity index (χ4v) is 5.47. The Morgan fingerprint density at radius 3 is 2.24 bits per heavy atom. The molecule has 214 valence electrons. The molecule has 2 aliphatic heterocycles. The average molecular weight is 566 g/mol. The summed E-state index contributed by atoms with van der Waals surface area (Å²) in [5.74, 6) is -0.870. The van der Waals surface area contributed by atoms with Crippen molar-refractivity contribution < 1.29 is 13.6 Å². The Labute approximate surface area is 244 Å². The van der Waals surface area contributed by atoms with Crippen molar-refractivity contribution in [3.63, 3.8) is 0 Å². The Kier molecular flexibility index (Phi) is 8.08. The van der Waals surface area contributed by atoms with Crippen LogP contribution in [0.2, 0.25) is 0 Å².